The van der Waals surface area contributed by atoms with Crippen molar-refractivity contribution in [3.8, 4) is 0 Å². The number of thiophene rings is 1. The van der Waals surface area contributed by atoms with Crippen LogP contribution >= 0.6 is 11.3 Å². The highest BCUT2D eigenvalue weighted by Gasteiger charge is 2.30. The van der Waals surface area contributed by atoms with Crippen LogP contribution in [0.25, 0.3) is 21.0 Å². The average molecular weight is 402 g/mol. The molecule has 5 rings (SSSR count). The van der Waals surface area contributed by atoms with E-state index in [1.807, 2.05) is 18.3 Å². The molecule has 29 heavy (non-hydrogen) atoms. The van der Waals surface area contributed by atoms with Crippen molar-refractivity contribution in [1.29, 1.82) is 0 Å². The third-order valence-corrected chi connectivity index (χ3v) is 7.01. The number of carbonyl (C=O) groups excluding carboxylic acids is 1. The Labute approximate surface area is 174 Å². The Morgan fingerprint density at radius 2 is 2.10 bits per heavy atom. The Morgan fingerprint density at radius 3 is 3.00 bits per heavy atom. The van der Waals surface area contributed by atoms with Gasteiger partial charge in [-0.3, -0.25) is 14.7 Å². The molecule has 3 heterocycles. The number of hydrogen-bond acceptors (Lipinski definition) is 4. The highest BCUT2D eigenvalue weighted by Crippen LogP contribution is 2.40. The summed E-state index contributed by atoms with van der Waals surface area (Å²) in [4.78, 5) is 20.3. The summed E-state index contributed by atoms with van der Waals surface area (Å²) < 4.78 is 1.20. The normalized spacial score (nSPS) is 17.2. The summed E-state index contributed by atoms with van der Waals surface area (Å²) in [5, 5.41) is 5.25. The minimum atomic E-state index is 0.0293. The maximum atomic E-state index is 12.5. The Bertz CT molecular complexity index is 1200. The second kappa shape index (κ2) is 7.58. The summed E-state index contributed by atoms with van der Waals surface area (Å²) in [6.45, 7) is 2.96. The van der Waals surface area contributed by atoms with Crippen molar-refractivity contribution in [2.75, 3.05) is 20.1 Å². The molecule has 2 aromatic carbocycles. The van der Waals surface area contributed by atoms with E-state index < -0.39 is 0 Å². The number of hydrogen-bond donors (Lipinski definition) is 1. The van der Waals surface area contributed by atoms with Gasteiger partial charge in [-0.1, -0.05) is 30.3 Å². The van der Waals surface area contributed by atoms with Gasteiger partial charge in [-0.05, 0) is 53.7 Å². The number of amides is 1. The van der Waals surface area contributed by atoms with Crippen LogP contribution in [-0.4, -0.2) is 35.9 Å². The number of rotatable bonds is 4. The van der Waals surface area contributed by atoms with E-state index in [4.69, 9.17) is 0 Å². The Hall–Kier alpha value is -2.76. The van der Waals surface area contributed by atoms with Gasteiger partial charge in [0.05, 0.1) is 10.4 Å². The SMILES string of the molecule is CNC(=O)c1sc2ccccc2c1[C@H]1CCN(Cc2ccc3ncccc3c2)C1. The first-order valence-electron chi connectivity index (χ1n) is 10.0. The Balaban J connectivity index is 1.41. The van der Waals surface area contributed by atoms with Crippen molar-refractivity contribution in [1.82, 2.24) is 15.2 Å². The van der Waals surface area contributed by atoms with Crippen molar-refractivity contribution in [2.24, 2.45) is 0 Å². The molecule has 0 radical (unpaired) electrons. The van der Waals surface area contributed by atoms with Gasteiger partial charge in [-0.15, -0.1) is 11.3 Å². The first-order valence-corrected chi connectivity index (χ1v) is 10.8. The molecule has 1 saturated heterocycles. The second-order valence-corrected chi connectivity index (χ2v) is 8.72. The van der Waals surface area contributed by atoms with Crippen LogP contribution in [-0.2, 0) is 6.54 Å². The highest BCUT2D eigenvalue weighted by atomic mass is 32.1. The van der Waals surface area contributed by atoms with Gasteiger partial charge in [0, 0.05) is 42.3 Å². The van der Waals surface area contributed by atoms with E-state index in [0.29, 0.717) is 5.92 Å². The minimum absolute atomic E-state index is 0.0293. The predicted octanol–water partition coefficient (Wildman–Crippen LogP) is 4.80. The fourth-order valence-electron chi connectivity index (χ4n) is 4.45. The number of benzene rings is 2. The summed E-state index contributed by atoms with van der Waals surface area (Å²) in [7, 11) is 1.71. The number of pyridine rings is 1. The van der Waals surface area contributed by atoms with Crippen molar-refractivity contribution in [2.45, 2.75) is 18.9 Å². The lowest BCUT2D eigenvalue weighted by Gasteiger charge is -2.17. The third-order valence-electron chi connectivity index (χ3n) is 5.82. The molecule has 0 saturated carbocycles. The van der Waals surface area contributed by atoms with Gasteiger partial charge in [-0.2, -0.15) is 0 Å². The lowest BCUT2D eigenvalue weighted by molar-refractivity contribution is 0.0966. The van der Waals surface area contributed by atoms with E-state index in [1.54, 1.807) is 18.4 Å². The van der Waals surface area contributed by atoms with Crippen molar-refractivity contribution in [3.63, 3.8) is 0 Å². The molecular formula is C24H23N3OS. The highest BCUT2D eigenvalue weighted by molar-refractivity contribution is 7.21. The monoisotopic (exact) mass is 401 g/mol. The maximum absolute atomic E-state index is 12.5. The number of likely N-dealkylation sites (tertiary alicyclic amines) is 1. The predicted molar refractivity (Wildman–Crippen MR) is 120 cm³/mol. The van der Waals surface area contributed by atoms with Crippen LogP contribution in [0.15, 0.2) is 60.8 Å². The van der Waals surface area contributed by atoms with Crippen LogP contribution in [0.1, 0.15) is 33.1 Å². The van der Waals surface area contributed by atoms with Gasteiger partial charge in [-0.25, -0.2) is 0 Å². The Kier molecular flexibility index (Phi) is 4.78. The molecule has 4 nitrogen and oxygen atoms in total. The molecular weight excluding hydrogens is 378 g/mol. The molecule has 1 aliphatic rings. The summed E-state index contributed by atoms with van der Waals surface area (Å²) >= 11 is 1.61. The van der Waals surface area contributed by atoms with Crippen LogP contribution in [0.2, 0.25) is 0 Å². The van der Waals surface area contributed by atoms with Gasteiger partial charge in [0.15, 0.2) is 0 Å². The minimum Gasteiger partial charge on any atom is -0.354 e. The first kappa shape index (κ1) is 18.3. The molecule has 146 valence electrons. The summed E-state index contributed by atoms with van der Waals surface area (Å²) in [6, 6.07) is 19.0. The number of nitrogens with zero attached hydrogens (tertiary/aromatic N) is 2. The van der Waals surface area contributed by atoms with Gasteiger partial charge >= 0.3 is 0 Å². The van der Waals surface area contributed by atoms with Crippen LogP contribution in [0, 0.1) is 0 Å². The number of carbonyl (C=O) groups is 1. The molecule has 0 aliphatic carbocycles. The molecule has 0 bridgehead atoms. The molecule has 1 N–H and O–H groups in total. The van der Waals surface area contributed by atoms with Crippen molar-refractivity contribution in [3.05, 3.63) is 76.8 Å². The second-order valence-electron chi connectivity index (χ2n) is 7.67. The summed E-state index contributed by atoms with van der Waals surface area (Å²) in [5.74, 6) is 0.419. The molecule has 0 spiro atoms. The number of fused-ring (bicyclic) bond motifs is 2. The fraction of sp³-hybridized carbons (Fsp3) is 0.250. The smallest absolute Gasteiger partial charge is 0.261 e. The lowest BCUT2D eigenvalue weighted by Crippen LogP contribution is -2.21. The molecule has 0 unspecified atom stereocenters. The molecule has 5 heteroatoms. The van der Waals surface area contributed by atoms with Crippen molar-refractivity contribution < 1.29 is 4.79 Å². The molecule has 2 aromatic heterocycles. The third kappa shape index (κ3) is 3.41. The fourth-order valence-corrected chi connectivity index (χ4v) is 5.68. The molecule has 4 aromatic rings. The number of nitrogens with one attached hydrogen (secondary N) is 1. The quantitative estimate of drug-likeness (QED) is 0.534. The van der Waals surface area contributed by atoms with Gasteiger partial charge in [0.25, 0.3) is 5.91 Å². The summed E-state index contributed by atoms with van der Waals surface area (Å²) in [6.07, 6.45) is 2.92. The van der Waals surface area contributed by atoms with Crippen LogP contribution in [0.3, 0.4) is 0 Å². The topological polar surface area (TPSA) is 45.2 Å². The van der Waals surface area contributed by atoms with E-state index >= 15 is 0 Å². The van der Waals surface area contributed by atoms with E-state index in [2.05, 4.69) is 57.7 Å². The van der Waals surface area contributed by atoms with Crippen LogP contribution < -0.4 is 5.32 Å². The summed E-state index contributed by atoms with van der Waals surface area (Å²) in [5.41, 5.74) is 3.58. The van der Waals surface area contributed by atoms with E-state index in [0.717, 1.165) is 36.4 Å². The molecule has 1 aliphatic heterocycles. The standard InChI is InChI=1S/C24H23N3OS/c1-25-24(28)23-22(19-6-2-3-7-21(19)29-23)18-10-12-27(15-18)14-16-8-9-20-17(13-16)5-4-11-26-20/h2-9,11,13,18H,10,12,14-15H2,1H3,(H,25,28)/t18-/m0/s1. The molecule has 1 atom stereocenters. The van der Waals surface area contributed by atoms with E-state index in [1.165, 1.54) is 26.6 Å². The zero-order valence-electron chi connectivity index (χ0n) is 16.4. The maximum Gasteiger partial charge on any atom is 0.261 e. The molecule has 1 fully saturated rings. The van der Waals surface area contributed by atoms with Gasteiger partial charge in [0.2, 0.25) is 0 Å². The van der Waals surface area contributed by atoms with Crippen molar-refractivity contribution >= 4 is 38.2 Å². The van der Waals surface area contributed by atoms with E-state index in [-0.39, 0.29) is 5.91 Å². The molecule has 1 amide bonds. The lowest BCUT2D eigenvalue weighted by atomic mass is 9.95. The van der Waals surface area contributed by atoms with Gasteiger partial charge in [0.1, 0.15) is 0 Å². The van der Waals surface area contributed by atoms with Gasteiger partial charge < -0.3 is 5.32 Å². The van der Waals surface area contributed by atoms with Crippen LogP contribution in [0.5, 0.6) is 0 Å². The zero-order chi connectivity index (χ0) is 19.8. The first-order chi connectivity index (χ1) is 14.2. The number of aromatic nitrogens is 1. The Morgan fingerprint density at radius 1 is 1.21 bits per heavy atom. The average Bonchev–Trinajstić information content (AvgIpc) is 3.37. The largest absolute Gasteiger partial charge is 0.354 e. The zero-order valence-corrected chi connectivity index (χ0v) is 17.2. The van der Waals surface area contributed by atoms with E-state index in [9.17, 15) is 4.79 Å². The van der Waals surface area contributed by atoms with Crippen LogP contribution in [0.4, 0.5) is 0 Å².